The first-order valence-electron chi connectivity index (χ1n) is 12.7. The number of rotatable bonds is 12. The quantitative estimate of drug-likeness (QED) is 0.135. The molecular formula is C24H32ClF2N5O3S2Si. The van der Waals surface area contributed by atoms with E-state index in [-0.39, 0.29) is 21.7 Å². The van der Waals surface area contributed by atoms with E-state index in [1.54, 1.807) is 4.68 Å². The van der Waals surface area contributed by atoms with Crippen molar-refractivity contribution in [3.8, 4) is 10.7 Å². The molecule has 0 N–H and O–H groups in total. The lowest BCUT2D eigenvalue weighted by Crippen LogP contribution is -2.42. The van der Waals surface area contributed by atoms with Crippen molar-refractivity contribution in [3.05, 3.63) is 22.2 Å². The lowest BCUT2D eigenvalue weighted by Gasteiger charge is -2.28. The third kappa shape index (κ3) is 5.82. The molecule has 0 radical (unpaired) electrons. The largest absolute Gasteiger partial charge is 0.365 e. The van der Waals surface area contributed by atoms with Crippen LogP contribution in [0.15, 0.2) is 17.0 Å². The van der Waals surface area contributed by atoms with Gasteiger partial charge in [-0.05, 0) is 56.7 Å². The standard InChI is InChI=1S/C24H32ClF2N5O3S2Si/c1-24(7-8-24)32(14-35-9-10-38(2,3)4)37(33,34)16-11-17-19(22-28-29-23(36-22)21(26)27)30-31(13-15-5-6-15)20(17)18(25)12-16/h11-12,15,21H,5-10,13-14H2,1-4H3. The van der Waals surface area contributed by atoms with Crippen molar-refractivity contribution in [1.82, 2.24) is 24.3 Å². The Bertz CT molecular complexity index is 1450. The number of benzene rings is 1. The minimum Gasteiger partial charge on any atom is -0.365 e. The third-order valence-corrected chi connectivity index (χ3v) is 12.0. The molecule has 0 bridgehead atoms. The molecule has 2 heterocycles. The van der Waals surface area contributed by atoms with Gasteiger partial charge in [0, 0.05) is 32.2 Å². The summed E-state index contributed by atoms with van der Waals surface area (Å²) in [6.45, 7) is 9.71. The lowest BCUT2D eigenvalue weighted by molar-refractivity contribution is 0.0591. The molecule has 0 unspecified atom stereocenters. The highest BCUT2D eigenvalue weighted by Gasteiger charge is 2.49. The molecule has 2 fully saturated rings. The van der Waals surface area contributed by atoms with E-state index in [4.69, 9.17) is 16.3 Å². The van der Waals surface area contributed by atoms with Crippen molar-refractivity contribution < 1.29 is 21.9 Å². The molecule has 2 aliphatic carbocycles. The fourth-order valence-electron chi connectivity index (χ4n) is 4.24. The zero-order chi connectivity index (χ0) is 27.5. The highest BCUT2D eigenvalue weighted by atomic mass is 35.5. The van der Waals surface area contributed by atoms with Crippen LogP contribution >= 0.6 is 22.9 Å². The fraction of sp³-hybridized carbons (Fsp3) is 0.625. The Labute approximate surface area is 231 Å². The Hall–Kier alpha value is -1.51. The summed E-state index contributed by atoms with van der Waals surface area (Å²) >= 11 is 7.47. The zero-order valence-electron chi connectivity index (χ0n) is 21.9. The Kier molecular flexibility index (Phi) is 7.49. The number of halogens is 3. The van der Waals surface area contributed by atoms with Crippen LogP contribution in [-0.4, -0.2) is 59.7 Å². The summed E-state index contributed by atoms with van der Waals surface area (Å²) in [5.41, 5.74) is 0.348. The van der Waals surface area contributed by atoms with Crippen LogP contribution in [0.5, 0.6) is 0 Å². The van der Waals surface area contributed by atoms with E-state index in [1.165, 1.54) is 16.4 Å². The molecule has 0 atom stereocenters. The predicted molar refractivity (Wildman–Crippen MR) is 147 cm³/mol. The van der Waals surface area contributed by atoms with Crippen LogP contribution in [0, 0.1) is 5.92 Å². The van der Waals surface area contributed by atoms with E-state index in [0.29, 0.717) is 35.7 Å². The Morgan fingerprint density at radius 3 is 2.55 bits per heavy atom. The van der Waals surface area contributed by atoms with Gasteiger partial charge in [-0.3, -0.25) is 4.68 Å². The highest BCUT2D eigenvalue weighted by molar-refractivity contribution is 7.89. The van der Waals surface area contributed by atoms with Gasteiger partial charge in [0.1, 0.15) is 12.4 Å². The van der Waals surface area contributed by atoms with Gasteiger partial charge in [0.05, 0.1) is 15.4 Å². The molecule has 0 spiro atoms. The lowest BCUT2D eigenvalue weighted by atomic mass is 10.2. The monoisotopic (exact) mass is 603 g/mol. The van der Waals surface area contributed by atoms with Gasteiger partial charge in [0.15, 0.2) is 10.0 Å². The second-order valence-electron chi connectivity index (χ2n) is 11.7. The van der Waals surface area contributed by atoms with E-state index in [9.17, 15) is 17.2 Å². The van der Waals surface area contributed by atoms with Gasteiger partial charge in [-0.2, -0.15) is 9.40 Å². The van der Waals surface area contributed by atoms with Gasteiger partial charge in [-0.1, -0.05) is 42.6 Å². The Balaban J connectivity index is 1.55. The Morgan fingerprint density at radius 1 is 1.26 bits per heavy atom. The smallest absolute Gasteiger partial charge is 0.291 e. The number of hydrogen-bond donors (Lipinski definition) is 0. The zero-order valence-corrected chi connectivity index (χ0v) is 25.3. The number of aromatic nitrogens is 4. The first-order chi connectivity index (χ1) is 17.8. The van der Waals surface area contributed by atoms with Crippen molar-refractivity contribution >= 4 is 51.9 Å². The van der Waals surface area contributed by atoms with Crippen LogP contribution < -0.4 is 0 Å². The van der Waals surface area contributed by atoms with E-state index in [0.717, 1.165) is 43.1 Å². The van der Waals surface area contributed by atoms with Crippen molar-refractivity contribution in [2.75, 3.05) is 13.3 Å². The maximum atomic E-state index is 14.0. The van der Waals surface area contributed by atoms with Gasteiger partial charge in [0.25, 0.3) is 6.43 Å². The number of sulfonamides is 1. The van der Waals surface area contributed by atoms with E-state index >= 15 is 0 Å². The Morgan fingerprint density at radius 2 is 1.97 bits per heavy atom. The fourth-order valence-corrected chi connectivity index (χ4v) is 7.84. The molecule has 14 heteroatoms. The summed E-state index contributed by atoms with van der Waals surface area (Å²) in [5, 5.41) is 12.7. The summed E-state index contributed by atoms with van der Waals surface area (Å²) in [5.74, 6) is 0.454. The van der Waals surface area contributed by atoms with Crippen molar-refractivity contribution in [3.63, 3.8) is 0 Å². The van der Waals surface area contributed by atoms with Crippen LogP contribution in [0.4, 0.5) is 8.78 Å². The molecule has 0 aliphatic heterocycles. The van der Waals surface area contributed by atoms with E-state index in [1.807, 2.05) is 6.92 Å². The molecule has 0 amide bonds. The molecular weight excluding hydrogens is 572 g/mol. The summed E-state index contributed by atoms with van der Waals surface area (Å²) in [6, 6.07) is 3.92. The molecule has 8 nitrogen and oxygen atoms in total. The number of fused-ring (bicyclic) bond motifs is 1. The van der Waals surface area contributed by atoms with Crippen molar-refractivity contribution in [1.29, 1.82) is 0 Å². The molecule has 1 aromatic carbocycles. The SMILES string of the molecule is CC1(N(COCC[Si](C)(C)C)S(=O)(=O)c2cc(Cl)c3c(c2)c(-c2nnc(C(F)F)s2)nn3CC2CC2)CC1. The molecule has 2 saturated carbocycles. The minimum absolute atomic E-state index is 0.0164. The van der Waals surface area contributed by atoms with Crippen molar-refractivity contribution in [2.45, 2.75) is 81.7 Å². The van der Waals surface area contributed by atoms with Crippen molar-refractivity contribution in [2.24, 2.45) is 5.92 Å². The van der Waals surface area contributed by atoms with E-state index in [2.05, 4.69) is 34.9 Å². The average molecular weight is 604 g/mol. The van der Waals surface area contributed by atoms with Gasteiger partial charge >= 0.3 is 0 Å². The maximum Gasteiger partial charge on any atom is 0.291 e. The number of nitrogens with zero attached hydrogens (tertiary/aromatic N) is 5. The first kappa shape index (κ1) is 28.0. The molecule has 38 heavy (non-hydrogen) atoms. The maximum absolute atomic E-state index is 14.0. The van der Waals surface area contributed by atoms with Gasteiger partial charge in [-0.25, -0.2) is 17.2 Å². The van der Waals surface area contributed by atoms with Crippen LogP contribution in [0.25, 0.3) is 21.6 Å². The number of ether oxygens (including phenoxy) is 1. The van der Waals surface area contributed by atoms with Gasteiger partial charge < -0.3 is 4.74 Å². The number of alkyl halides is 2. The number of hydrogen-bond acceptors (Lipinski definition) is 7. The molecule has 2 aromatic heterocycles. The van der Waals surface area contributed by atoms with E-state index < -0.39 is 35.1 Å². The molecule has 3 aromatic rings. The highest BCUT2D eigenvalue weighted by Crippen LogP contribution is 2.45. The molecule has 0 saturated heterocycles. The van der Waals surface area contributed by atoms with Crippen LogP contribution in [-0.2, 0) is 21.3 Å². The van der Waals surface area contributed by atoms with Crippen LogP contribution in [0.2, 0.25) is 30.7 Å². The molecule has 2 aliphatic rings. The van der Waals surface area contributed by atoms with Gasteiger partial charge in [-0.15, -0.1) is 10.2 Å². The predicted octanol–water partition coefficient (Wildman–Crippen LogP) is 6.41. The summed E-state index contributed by atoms with van der Waals surface area (Å²) in [4.78, 5) is 0.0164. The van der Waals surface area contributed by atoms with Crippen LogP contribution in [0.1, 0.15) is 44.0 Å². The second-order valence-corrected chi connectivity index (χ2v) is 20.6. The minimum atomic E-state index is -3.99. The summed E-state index contributed by atoms with van der Waals surface area (Å²) < 4.78 is 63.5. The summed E-state index contributed by atoms with van der Waals surface area (Å²) in [7, 11) is -5.32. The summed E-state index contributed by atoms with van der Waals surface area (Å²) in [6.07, 6.45) is 0.867. The molecule has 208 valence electrons. The third-order valence-electron chi connectivity index (χ3n) is 7.10. The van der Waals surface area contributed by atoms with Gasteiger partial charge in [0.2, 0.25) is 10.0 Å². The average Bonchev–Trinajstić information content (AvgIpc) is 3.68. The first-order valence-corrected chi connectivity index (χ1v) is 19.1. The second kappa shape index (κ2) is 10.1. The normalized spacial score (nSPS) is 17.7. The molecule has 5 rings (SSSR count). The van der Waals surface area contributed by atoms with Crippen LogP contribution in [0.3, 0.4) is 0 Å². The topological polar surface area (TPSA) is 90.2 Å².